The number of thiazole rings is 1. The monoisotopic (exact) mass is 194 g/mol. The molecule has 2 nitrogen and oxygen atoms in total. The van der Waals surface area contributed by atoms with Crippen molar-refractivity contribution in [3.05, 3.63) is 10.6 Å². The molecule has 13 heavy (non-hydrogen) atoms. The summed E-state index contributed by atoms with van der Waals surface area (Å²) in [6.45, 7) is 6.08. The molecule has 0 amide bonds. The molecular formula is C10H14N2S. The molecule has 1 aromatic heterocycles. The average molecular weight is 194 g/mol. The Hall–Kier alpha value is -1.01. The molecule has 0 fully saturated rings. The normalized spacial score (nSPS) is 12.2. The number of hydrogen-bond donors (Lipinski definition) is 0. The van der Waals surface area contributed by atoms with Crippen LogP contribution in [-0.2, 0) is 0 Å². The van der Waals surface area contributed by atoms with Gasteiger partial charge in [-0.25, -0.2) is 4.98 Å². The second-order valence-electron chi connectivity index (χ2n) is 3.09. The van der Waals surface area contributed by atoms with E-state index < -0.39 is 0 Å². The maximum atomic E-state index is 5.34. The number of nitrogens with zero attached hydrogens (tertiary/aromatic N) is 2. The zero-order valence-corrected chi connectivity index (χ0v) is 9.27. The average Bonchev–Trinajstić information content (AvgIpc) is 2.44. The molecule has 1 atom stereocenters. The van der Waals surface area contributed by atoms with Crippen LogP contribution in [0.25, 0.3) is 0 Å². The number of anilines is 1. The summed E-state index contributed by atoms with van der Waals surface area (Å²) in [4.78, 5) is 7.70. The summed E-state index contributed by atoms with van der Waals surface area (Å²) in [6.07, 6.45) is 5.34. The van der Waals surface area contributed by atoms with E-state index in [0.717, 1.165) is 10.8 Å². The number of hydrogen-bond acceptors (Lipinski definition) is 3. The molecule has 0 saturated carbocycles. The lowest BCUT2D eigenvalue weighted by molar-refractivity contribution is 0.840. The van der Waals surface area contributed by atoms with Gasteiger partial charge in [0.05, 0.1) is 11.7 Å². The topological polar surface area (TPSA) is 16.1 Å². The van der Waals surface area contributed by atoms with Gasteiger partial charge in [-0.05, 0) is 20.8 Å². The highest BCUT2D eigenvalue weighted by Gasteiger charge is 2.11. The first-order valence-electron chi connectivity index (χ1n) is 4.19. The van der Waals surface area contributed by atoms with Crippen LogP contribution in [0, 0.1) is 26.2 Å². The second-order valence-corrected chi connectivity index (χ2v) is 4.27. The van der Waals surface area contributed by atoms with Crippen molar-refractivity contribution in [2.75, 3.05) is 11.9 Å². The lowest BCUT2D eigenvalue weighted by atomic mass is 10.3. The molecule has 0 aromatic carbocycles. The second kappa shape index (κ2) is 3.80. The van der Waals surface area contributed by atoms with Gasteiger partial charge >= 0.3 is 0 Å². The predicted octanol–water partition coefficient (Wildman–Crippen LogP) is 2.22. The summed E-state index contributed by atoms with van der Waals surface area (Å²) >= 11 is 1.69. The Morgan fingerprint density at radius 3 is 2.54 bits per heavy atom. The van der Waals surface area contributed by atoms with Gasteiger partial charge in [0.2, 0.25) is 0 Å². The van der Waals surface area contributed by atoms with Crippen molar-refractivity contribution in [1.29, 1.82) is 0 Å². The number of rotatable bonds is 2. The molecular weight excluding hydrogens is 180 g/mol. The van der Waals surface area contributed by atoms with Crippen LogP contribution in [0.1, 0.15) is 17.5 Å². The lowest BCUT2D eigenvalue weighted by Crippen LogP contribution is -2.26. The zero-order valence-electron chi connectivity index (χ0n) is 8.46. The molecule has 0 aliphatic rings. The van der Waals surface area contributed by atoms with Crippen molar-refractivity contribution in [3.8, 4) is 12.3 Å². The van der Waals surface area contributed by atoms with E-state index in [2.05, 4.69) is 17.8 Å². The van der Waals surface area contributed by atoms with Gasteiger partial charge in [-0.2, -0.15) is 0 Å². The summed E-state index contributed by atoms with van der Waals surface area (Å²) in [5, 5.41) is 1.00. The van der Waals surface area contributed by atoms with Crippen LogP contribution in [-0.4, -0.2) is 18.1 Å². The van der Waals surface area contributed by atoms with Crippen molar-refractivity contribution < 1.29 is 0 Å². The number of terminal acetylenes is 1. The molecule has 0 radical (unpaired) electrons. The van der Waals surface area contributed by atoms with E-state index in [1.54, 1.807) is 11.3 Å². The van der Waals surface area contributed by atoms with Gasteiger partial charge in [-0.3, -0.25) is 0 Å². The molecule has 0 aliphatic carbocycles. The van der Waals surface area contributed by atoms with Crippen molar-refractivity contribution >= 4 is 16.5 Å². The molecule has 1 aromatic rings. The maximum Gasteiger partial charge on any atom is 0.186 e. The van der Waals surface area contributed by atoms with E-state index in [1.807, 2.05) is 25.8 Å². The zero-order chi connectivity index (χ0) is 10.0. The van der Waals surface area contributed by atoms with E-state index in [4.69, 9.17) is 6.42 Å². The third kappa shape index (κ3) is 2.02. The largest absolute Gasteiger partial charge is 0.338 e. The Labute approximate surface area is 83.6 Å². The van der Waals surface area contributed by atoms with Gasteiger partial charge < -0.3 is 4.90 Å². The number of aryl methyl sites for hydroxylation is 2. The lowest BCUT2D eigenvalue weighted by Gasteiger charge is -2.18. The van der Waals surface area contributed by atoms with Gasteiger partial charge in [-0.15, -0.1) is 17.8 Å². The Kier molecular flexibility index (Phi) is 2.94. The van der Waals surface area contributed by atoms with Crippen LogP contribution in [0.3, 0.4) is 0 Å². The Morgan fingerprint density at radius 1 is 1.54 bits per heavy atom. The third-order valence-corrected chi connectivity index (χ3v) is 3.30. The third-order valence-electron chi connectivity index (χ3n) is 2.14. The van der Waals surface area contributed by atoms with Crippen molar-refractivity contribution in [1.82, 2.24) is 4.98 Å². The highest BCUT2D eigenvalue weighted by atomic mass is 32.1. The Bertz CT molecular complexity index is 316. The summed E-state index contributed by atoms with van der Waals surface area (Å²) in [5.74, 6) is 2.68. The molecule has 3 heteroatoms. The molecule has 0 saturated heterocycles. The van der Waals surface area contributed by atoms with Crippen LogP contribution in [0.4, 0.5) is 5.13 Å². The molecule has 0 aliphatic heterocycles. The van der Waals surface area contributed by atoms with E-state index in [9.17, 15) is 0 Å². The maximum absolute atomic E-state index is 5.34. The summed E-state index contributed by atoms with van der Waals surface area (Å²) in [6, 6.07) is 0.102. The molecule has 0 N–H and O–H groups in total. The molecule has 1 heterocycles. The van der Waals surface area contributed by atoms with Gasteiger partial charge in [0.25, 0.3) is 0 Å². The predicted molar refractivity (Wildman–Crippen MR) is 58.3 cm³/mol. The number of aromatic nitrogens is 1. The van der Waals surface area contributed by atoms with Crippen LogP contribution in [0.2, 0.25) is 0 Å². The molecule has 0 bridgehead atoms. The molecule has 1 unspecified atom stereocenters. The summed E-state index contributed by atoms with van der Waals surface area (Å²) in [5.41, 5.74) is 1.09. The first-order valence-corrected chi connectivity index (χ1v) is 5.01. The van der Waals surface area contributed by atoms with E-state index in [0.29, 0.717) is 0 Å². The quantitative estimate of drug-likeness (QED) is 0.671. The van der Waals surface area contributed by atoms with E-state index >= 15 is 0 Å². The summed E-state index contributed by atoms with van der Waals surface area (Å²) < 4.78 is 0. The van der Waals surface area contributed by atoms with Crippen molar-refractivity contribution in [3.63, 3.8) is 0 Å². The minimum atomic E-state index is 0.102. The van der Waals surface area contributed by atoms with Gasteiger partial charge in [-0.1, -0.05) is 5.92 Å². The minimum Gasteiger partial charge on any atom is -0.338 e. The van der Waals surface area contributed by atoms with Gasteiger partial charge in [0.1, 0.15) is 0 Å². The van der Waals surface area contributed by atoms with E-state index in [1.165, 1.54) is 4.88 Å². The Morgan fingerprint density at radius 2 is 2.15 bits per heavy atom. The molecule has 70 valence electrons. The summed E-state index contributed by atoms with van der Waals surface area (Å²) in [7, 11) is 1.97. The van der Waals surface area contributed by atoms with E-state index in [-0.39, 0.29) is 6.04 Å². The van der Waals surface area contributed by atoms with Gasteiger partial charge in [0.15, 0.2) is 5.13 Å². The van der Waals surface area contributed by atoms with Crippen LogP contribution in [0.15, 0.2) is 0 Å². The smallest absolute Gasteiger partial charge is 0.186 e. The highest BCUT2D eigenvalue weighted by Crippen LogP contribution is 2.25. The van der Waals surface area contributed by atoms with Crippen LogP contribution < -0.4 is 4.90 Å². The molecule has 1 rings (SSSR count). The highest BCUT2D eigenvalue weighted by molar-refractivity contribution is 7.15. The van der Waals surface area contributed by atoms with Gasteiger partial charge in [0, 0.05) is 11.9 Å². The fourth-order valence-corrected chi connectivity index (χ4v) is 1.84. The first kappa shape index (κ1) is 10.1. The SMILES string of the molecule is C#CC(C)N(C)c1nc(C)c(C)s1. The van der Waals surface area contributed by atoms with Crippen molar-refractivity contribution in [2.24, 2.45) is 0 Å². The van der Waals surface area contributed by atoms with Crippen LogP contribution >= 0.6 is 11.3 Å². The van der Waals surface area contributed by atoms with Crippen molar-refractivity contribution in [2.45, 2.75) is 26.8 Å². The molecule has 0 spiro atoms. The Balaban J connectivity index is 2.90. The first-order chi connectivity index (χ1) is 6.06. The fraction of sp³-hybridized carbons (Fsp3) is 0.500. The minimum absolute atomic E-state index is 0.102. The fourth-order valence-electron chi connectivity index (χ4n) is 0.884. The van der Waals surface area contributed by atoms with Crippen LogP contribution in [0.5, 0.6) is 0 Å². The standard InChI is InChI=1S/C10H14N2S/c1-6-7(2)12(5)10-11-8(3)9(4)13-10/h1,7H,2-5H3.